The third-order valence-electron chi connectivity index (χ3n) is 2.82. The first-order chi connectivity index (χ1) is 9.15. The normalized spacial score (nSPS) is 11.1. The number of aromatic nitrogens is 3. The van der Waals surface area contributed by atoms with E-state index in [4.69, 9.17) is 11.6 Å². The van der Waals surface area contributed by atoms with Gasteiger partial charge in [-0.05, 0) is 24.3 Å². The van der Waals surface area contributed by atoms with Crippen molar-refractivity contribution in [3.63, 3.8) is 0 Å². The molecule has 0 aliphatic rings. The van der Waals surface area contributed by atoms with Gasteiger partial charge in [0.1, 0.15) is 5.82 Å². The lowest BCUT2D eigenvalue weighted by atomic mass is 10.2. The molecule has 1 aromatic carbocycles. The Morgan fingerprint density at radius 2 is 2.11 bits per heavy atom. The molecule has 0 aliphatic heterocycles. The molecule has 3 aromatic rings. The highest BCUT2D eigenvalue weighted by Crippen LogP contribution is 2.15. The van der Waals surface area contributed by atoms with E-state index in [0.717, 1.165) is 0 Å². The zero-order valence-corrected chi connectivity index (χ0v) is 10.5. The number of rotatable bonds is 2. The monoisotopic (exact) mass is 277 g/mol. The van der Waals surface area contributed by atoms with Gasteiger partial charge in [0.25, 0.3) is 0 Å². The summed E-state index contributed by atoms with van der Waals surface area (Å²) < 4.78 is 16.3. The molecule has 0 fully saturated rings. The van der Waals surface area contributed by atoms with E-state index in [1.165, 1.54) is 15.1 Å². The zero-order valence-electron chi connectivity index (χ0n) is 9.75. The largest absolute Gasteiger partial charge is 0.350 e. The van der Waals surface area contributed by atoms with E-state index in [-0.39, 0.29) is 12.2 Å². The van der Waals surface area contributed by atoms with Gasteiger partial charge in [-0.3, -0.25) is 4.40 Å². The van der Waals surface area contributed by atoms with Crippen molar-refractivity contribution < 1.29 is 4.39 Å². The number of benzene rings is 1. The number of hydrogen-bond donors (Lipinski definition) is 0. The number of halogens is 2. The van der Waals surface area contributed by atoms with E-state index in [1.807, 2.05) is 0 Å². The molecule has 19 heavy (non-hydrogen) atoms. The van der Waals surface area contributed by atoms with Crippen LogP contribution in [0.25, 0.3) is 5.65 Å². The lowest BCUT2D eigenvalue weighted by molar-refractivity contribution is 0.578. The van der Waals surface area contributed by atoms with Crippen LogP contribution in [-0.4, -0.2) is 14.2 Å². The molecule has 0 unspecified atom stereocenters. The van der Waals surface area contributed by atoms with Crippen molar-refractivity contribution in [2.45, 2.75) is 6.54 Å². The summed E-state index contributed by atoms with van der Waals surface area (Å²) in [6.45, 7) is 0.0729. The van der Waals surface area contributed by atoms with Crippen LogP contribution in [0.3, 0.4) is 0 Å². The molecule has 2 aromatic heterocycles. The first-order valence-corrected chi connectivity index (χ1v) is 6.01. The second-order valence-corrected chi connectivity index (χ2v) is 4.54. The maximum atomic E-state index is 13.7. The Kier molecular flexibility index (Phi) is 2.83. The van der Waals surface area contributed by atoms with Crippen LogP contribution in [0.1, 0.15) is 5.56 Å². The van der Waals surface area contributed by atoms with Gasteiger partial charge in [-0.2, -0.15) is 0 Å². The molecule has 0 atom stereocenters. The Bertz CT molecular complexity index is 809. The van der Waals surface area contributed by atoms with Crippen molar-refractivity contribution >= 4 is 17.2 Å². The molecule has 0 radical (unpaired) electrons. The second kappa shape index (κ2) is 4.51. The van der Waals surface area contributed by atoms with Crippen molar-refractivity contribution in [2.75, 3.05) is 0 Å². The molecule has 0 saturated heterocycles. The average Bonchev–Trinajstić information content (AvgIpc) is 2.70. The SMILES string of the molecule is O=c1n(Cc2ccc(Cl)cc2F)nc2ccccn12. The van der Waals surface area contributed by atoms with Crippen LogP contribution in [0.15, 0.2) is 47.4 Å². The van der Waals surface area contributed by atoms with Gasteiger partial charge in [0.2, 0.25) is 0 Å². The lowest BCUT2D eigenvalue weighted by Gasteiger charge is -2.02. The molecule has 0 bridgehead atoms. The summed E-state index contributed by atoms with van der Waals surface area (Å²) in [6.07, 6.45) is 1.62. The first kappa shape index (κ1) is 11.9. The summed E-state index contributed by atoms with van der Waals surface area (Å²) in [7, 11) is 0. The third-order valence-corrected chi connectivity index (χ3v) is 3.06. The van der Waals surface area contributed by atoms with Gasteiger partial charge in [0, 0.05) is 16.8 Å². The standard InChI is InChI=1S/C13H9ClFN3O/c14-10-5-4-9(11(15)7-10)8-18-13(19)17-6-2-1-3-12(17)16-18/h1-7H,8H2. The van der Waals surface area contributed by atoms with Crippen LogP contribution < -0.4 is 5.69 Å². The second-order valence-electron chi connectivity index (χ2n) is 4.10. The van der Waals surface area contributed by atoms with Gasteiger partial charge in [-0.25, -0.2) is 13.9 Å². The van der Waals surface area contributed by atoms with Crippen molar-refractivity contribution in [3.05, 3.63) is 69.5 Å². The molecule has 0 N–H and O–H groups in total. The molecule has 96 valence electrons. The van der Waals surface area contributed by atoms with Gasteiger partial charge < -0.3 is 0 Å². The fourth-order valence-corrected chi connectivity index (χ4v) is 2.04. The predicted molar refractivity (Wildman–Crippen MR) is 70.0 cm³/mol. The number of hydrogen-bond acceptors (Lipinski definition) is 2. The molecule has 4 nitrogen and oxygen atoms in total. The molecule has 0 spiro atoms. The summed E-state index contributed by atoms with van der Waals surface area (Å²) in [6, 6.07) is 9.60. The molecular formula is C13H9ClFN3O. The summed E-state index contributed by atoms with van der Waals surface area (Å²) in [4.78, 5) is 12.0. The summed E-state index contributed by atoms with van der Waals surface area (Å²) in [5.74, 6) is -0.448. The van der Waals surface area contributed by atoms with E-state index in [9.17, 15) is 9.18 Å². The maximum Gasteiger partial charge on any atom is 0.350 e. The number of fused-ring (bicyclic) bond motifs is 1. The minimum Gasteiger partial charge on any atom is -0.250 e. The zero-order chi connectivity index (χ0) is 13.4. The molecule has 3 rings (SSSR count). The highest BCUT2D eigenvalue weighted by atomic mass is 35.5. The highest BCUT2D eigenvalue weighted by molar-refractivity contribution is 6.30. The van der Waals surface area contributed by atoms with E-state index < -0.39 is 5.82 Å². The topological polar surface area (TPSA) is 39.3 Å². The fourth-order valence-electron chi connectivity index (χ4n) is 1.88. The molecule has 2 heterocycles. The highest BCUT2D eigenvalue weighted by Gasteiger charge is 2.09. The minimum absolute atomic E-state index is 0.0729. The van der Waals surface area contributed by atoms with Gasteiger partial charge in [-0.1, -0.05) is 23.7 Å². The Morgan fingerprint density at radius 1 is 1.26 bits per heavy atom. The number of pyridine rings is 1. The van der Waals surface area contributed by atoms with Gasteiger partial charge in [0.05, 0.1) is 6.54 Å². The van der Waals surface area contributed by atoms with E-state index in [0.29, 0.717) is 16.2 Å². The Labute approximate surface area is 112 Å². The smallest absolute Gasteiger partial charge is 0.250 e. The van der Waals surface area contributed by atoms with Crippen LogP contribution in [0.5, 0.6) is 0 Å². The van der Waals surface area contributed by atoms with Crippen LogP contribution in [-0.2, 0) is 6.54 Å². The summed E-state index contributed by atoms with van der Waals surface area (Å²) in [5, 5.41) is 4.46. The Hall–Kier alpha value is -2.14. The molecule has 0 saturated carbocycles. The van der Waals surface area contributed by atoms with Crippen molar-refractivity contribution in [3.8, 4) is 0 Å². The van der Waals surface area contributed by atoms with E-state index >= 15 is 0 Å². The summed E-state index contributed by atoms with van der Waals surface area (Å²) >= 11 is 5.69. The van der Waals surface area contributed by atoms with E-state index in [2.05, 4.69) is 5.10 Å². The van der Waals surface area contributed by atoms with Gasteiger partial charge in [-0.15, -0.1) is 5.10 Å². The minimum atomic E-state index is -0.448. The summed E-state index contributed by atoms with van der Waals surface area (Å²) in [5.41, 5.74) is 0.599. The number of nitrogens with zero attached hydrogens (tertiary/aromatic N) is 3. The molecular weight excluding hydrogens is 269 g/mol. The van der Waals surface area contributed by atoms with Crippen molar-refractivity contribution in [2.24, 2.45) is 0 Å². The third kappa shape index (κ3) is 2.13. The van der Waals surface area contributed by atoms with Crippen LogP contribution >= 0.6 is 11.6 Å². The van der Waals surface area contributed by atoms with Crippen LogP contribution in [0.4, 0.5) is 4.39 Å². The van der Waals surface area contributed by atoms with Gasteiger partial charge >= 0.3 is 5.69 Å². The van der Waals surface area contributed by atoms with Gasteiger partial charge in [0.15, 0.2) is 5.65 Å². The Balaban J connectivity index is 2.06. The Morgan fingerprint density at radius 3 is 2.84 bits per heavy atom. The van der Waals surface area contributed by atoms with Crippen LogP contribution in [0.2, 0.25) is 5.02 Å². The average molecular weight is 278 g/mol. The van der Waals surface area contributed by atoms with Crippen molar-refractivity contribution in [1.82, 2.24) is 14.2 Å². The van der Waals surface area contributed by atoms with Crippen LogP contribution in [0, 0.1) is 5.82 Å². The molecule has 0 aliphatic carbocycles. The first-order valence-electron chi connectivity index (χ1n) is 5.63. The molecule has 6 heteroatoms. The predicted octanol–water partition coefficient (Wildman–Crippen LogP) is 2.34. The quantitative estimate of drug-likeness (QED) is 0.721. The maximum absolute atomic E-state index is 13.7. The fraction of sp³-hybridized carbons (Fsp3) is 0.0769. The van der Waals surface area contributed by atoms with E-state index in [1.54, 1.807) is 36.5 Å². The molecule has 0 amide bonds. The lowest BCUT2D eigenvalue weighted by Crippen LogP contribution is -2.22. The van der Waals surface area contributed by atoms with Crippen molar-refractivity contribution in [1.29, 1.82) is 0 Å².